The zero-order chi connectivity index (χ0) is 18.6. The smallest absolute Gasteiger partial charge is 0.264 e. The fourth-order valence-corrected chi connectivity index (χ4v) is 2.73. The molecule has 2 aromatic heterocycles. The molecule has 0 amide bonds. The van der Waals surface area contributed by atoms with E-state index >= 15 is 0 Å². The number of benzene rings is 2. The van der Waals surface area contributed by atoms with Crippen LogP contribution in [0.25, 0.3) is 11.5 Å². The number of aryl methyl sites for hydroxylation is 2. The first kappa shape index (κ1) is 17.0. The van der Waals surface area contributed by atoms with Crippen LogP contribution in [-0.2, 0) is 13.0 Å². The number of rotatable bonds is 6. The summed E-state index contributed by atoms with van der Waals surface area (Å²) >= 11 is 0. The van der Waals surface area contributed by atoms with Gasteiger partial charge in [-0.3, -0.25) is 0 Å². The van der Waals surface area contributed by atoms with Gasteiger partial charge in [-0.05, 0) is 38.1 Å². The maximum absolute atomic E-state index is 5.82. The molecule has 0 spiro atoms. The summed E-state index contributed by atoms with van der Waals surface area (Å²) in [5.41, 5.74) is 2.91. The summed E-state index contributed by atoms with van der Waals surface area (Å²) in [5.74, 6) is 3.08. The molecule has 0 unspecified atom stereocenters. The molecular formula is C21H19N3O3. The third-order valence-electron chi connectivity index (χ3n) is 4.10. The summed E-state index contributed by atoms with van der Waals surface area (Å²) in [6, 6.07) is 17.6. The summed E-state index contributed by atoms with van der Waals surface area (Å²) in [5, 5.41) is 4.01. The van der Waals surface area contributed by atoms with Crippen molar-refractivity contribution in [3.05, 3.63) is 83.3 Å². The molecule has 0 saturated carbocycles. The highest BCUT2D eigenvalue weighted by atomic mass is 16.5. The fourth-order valence-electron chi connectivity index (χ4n) is 2.73. The first-order chi connectivity index (χ1) is 13.2. The fraction of sp³-hybridized carbons (Fsp3) is 0.190. The summed E-state index contributed by atoms with van der Waals surface area (Å²) in [6.45, 7) is 4.16. The van der Waals surface area contributed by atoms with Gasteiger partial charge in [0.15, 0.2) is 12.4 Å². The van der Waals surface area contributed by atoms with Crippen molar-refractivity contribution in [1.82, 2.24) is 15.1 Å². The van der Waals surface area contributed by atoms with E-state index in [0.29, 0.717) is 24.0 Å². The second-order valence-corrected chi connectivity index (χ2v) is 6.27. The Labute approximate surface area is 156 Å². The Balaban J connectivity index is 1.44. The molecule has 0 aliphatic heterocycles. The monoisotopic (exact) mass is 361 g/mol. The predicted octanol–water partition coefficient (Wildman–Crippen LogP) is 4.51. The second kappa shape index (κ2) is 7.45. The lowest BCUT2D eigenvalue weighted by atomic mass is 10.1. The molecule has 0 N–H and O–H groups in total. The van der Waals surface area contributed by atoms with Gasteiger partial charge in [-0.25, -0.2) is 4.98 Å². The van der Waals surface area contributed by atoms with Gasteiger partial charge < -0.3 is 13.7 Å². The number of para-hydroxylation sites is 1. The van der Waals surface area contributed by atoms with Gasteiger partial charge in [-0.2, -0.15) is 4.98 Å². The van der Waals surface area contributed by atoms with Crippen LogP contribution in [0.5, 0.6) is 5.75 Å². The highest BCUT2D eigenvalue weighted by molar-refractivity contribution is 5.54. The zero-order valence-corrected chi connectivity index (χ0v) is 15.2. The van der Waals surface area contributed by atoms with Gasteiger partial charge in [0.25, 0.3) is 5.89 Å². The van der Waals surface area contributed by atoms with Crippen LogP contribution in [0.2, 0.25) is 0 Å². The van der Waals surface area contributed by atoms with Crippen molar-refractivity contribution in [1.29, 1.82) is 0 Å². The molecule has 6 heteroatoms. The van der Waals surface area contributed by atoms with Gasteiger partial charge in [-0.1, -0.05) is 41.1 Å². The minimum absolute atomic E-state index is 0.226. The average Bonchev–Trinajstić information content (AvgIpc) is 3.28. The summed E-state index contributed by atoms with van der Waals surface area (Å²) in [4.78, 5) is 8.97. The Morgan fingerprint density at radius 3 is 2.63 bits per heavy atom. The Hall–Kier alpha value is -3.41. The molecule has 0 saturated heterocycles. The van der Waals surface area contributed by atoms with Gasteiger partial charge in [0.2, 0.25) is 5.89 Å². The highest BCUT2D eigenvalue weighted by Crippen LogP contribution is 2.23. The zero-order valence-electron chi connectivity index (χ0n) is 15.2. The van der Waals surface area contributed by atoms with E-state index in [-0.39, 0.29) is 6.61 Å². The van der Waals surface area contributed by atoms with E-state index in [1.165, 1.54) is 0 Å². The van der Waals surface area contributed by atoms with Crippen molar-refractivity contribution in [2.75, 3.05) is 0 Å². The summed E-state index contributed by atoms with van der Waals surface area (Å²) < 4.78 is 16.7. The van der Waals surface area contributed by atoms with Crippen molar-refractivity contribution in [2.45, 2.75) is 26.9 Å². The van der Waals surface area contributed by atoms with Crippen LogP contribution in [0, 0.1) is 13.8 Å². The van der Waals surface area contributed by atoms with Crippen LogP contribution in [0.1, 0.15) is 28.7 Å². The lowest BCUT2D eigenvalue weighted by Gasteiger charge is -2.01. The SMILES string of the molecule is Cc1cccc(-c2nc(Cc3noc(COc4ccccc4)n3)c(C)o2)c1. The van der Waals surface area contributed by atoms with Crippen molar-refractivity contribution in [3.8, 4) is 17.2 Å². The molecule has 0 aliphatic carbocycles. The molecule has 0 atom stereocenters. The van der Waals surface area contributed by atoms with Crippen LogP contribution >= 0.6 is 0 Å². The van der Waals surface area contributed by atoms with E-state index < -0.39 is 0 Å². The van der Waals surface area contributed by atoms with Gasteiger partial charge in [-0.15, -0.1) is 0 Å². The van der Waals surface area contributed by atoms with Crippen LogP contribution < -0.4 is 4.74 Å². The number of nitrogens with zero attached hydrogens (tertiary/aromatic N) is 3. The lowest BCUT2D eigenvalue weighted by molar-refractivity contribution is 0.242. The number of ether oxygens (including phenoxy) is 1. The maximum Gasteiger partial charge on any atom is 0.264 e. The topological polar surface area (TPSA) is 74.2 Å². The quantitative estimate of drug-likeness (QED) is 0.503. The van der Waals surface area contributed by atoms with Crippen molar-refractivity contribution in [2.24, 2.45) is 0 Å². The molecule has 2 aromatic carbocycles. The van der Waals surface area contributed by atoms with Crippen LogP contribution in [0.15, 0.2) is 63.5 Å². The van der Waals surface area contributed by atoms with Gasteiger partial charge in [0.05, 0.1) is 12.1 Å². The molecule has 0 aliphatic rings. The molecule has 0 radical (unpaired) electrons. The molecule has 2 heterocycles. The van der Waals surface area contributed by atoms with Crippen LogP contribution in [0.3, 0.4) is 0 Å². The Bertz CT molecular complexity index is 1040. The van der Waals surface area contributed by atoms with E-state index in [0.717, 1.165) is 28.3 Å². The Morgan fingerprint density at radius 2 is 1.81 bits per heavy atom. The Kier molecular flexibility index (Phi) is 4.70. The molecule has 4 aromatic rings. The van der Waals surface area contributed by atoms with Gasteiger partial charge in [0, 0.05) is 5.56 Å². The van der Waals surface area contributed by atoms with E-state index in [4.69, 9.17) is 13.7 Å². The highest BCUT2D eigenvalue weighted by Gasteiger charge is 2.15. The van der Waals surface area contributed by atoms with E-state index in [1.54, 1.807) is 0 Å². The normalized spacial score (nSPS) is 10.9. The van der Waals surface area contributed by atoms with Crippen LogP contribution in [-0.4, -0.2) is 15.1 Å². The maximum atomic E-state index is 5.82. The minimum atomic E-state index is 0.226. The second-order valence-electron chi connectivity index (χ2n) is 6.27. The van der Waals surface area contributed by atoms with Crippen molar-refractivity contribution >= 4 is 0 Å². The average molecular weight is 361 g/mol. The molecule has 6 nitrogen and oxygen atoms in total. The van der Waals surface area contributed by atoms with E-state index in [9.17, 15) is 0 Å². The number of aromatic nitrogens is 3. The number of oxazole rings is 1. The first-order valence-corrected chi connectivity index (χ1v) is 8.70. The first-order valence-electron chi connectivity index (χ1n) is 8.70. The molecule has 0 bridgehead atoms. The molecule has 0 fully saturated rings. The van der Waals surface area contributed by atoms with Crippen molar-refractivity contribution in [3.63, 3.8) is 0 Å². The summed E-state index contributed by atoms with van der Waals surface area (Å²) in [7, 11) is 0. The number of hydrogen-bond donors (Lipinski definition) is 0. The van der Waals surface area contributed by atoms with Gasteiger partial charge in [0.1, 0.15) is 11.5 Å². The number of hydrogen-bond acceptors (Lipinski definition) is 6. The predicted molar refractivity (Wildman–Crippen MR) is 99.3 cm³/mol. The van der Waals surface area contributed by atoms with Crippen LogP contribution in [0.4, 0.5) is 0 Å². The molecular weight excluding hydrogens is 342 g/mol. The largest absolute Gasteiger partial charge is 0.484 e. The molecule has 27 heavy (non-hydrogen) atoms. The minimum Gasteiger partial charge on any atom is -0.484 e. The Morgan fingerprint density at radius 1 is 0.963 bits per heavy atom. The van der Waals surface area contributed by atoms with E-state index in [2.05, 4.69) is 15.1 Å². The molecule has 4 rings (SSSR count). The lowest BCUT2D eigenvalue weighted by Crippen LogP contribution is -1.97. The third-order valence-corrected chi connectivity index (χ3v) is 4.10. The molecule has 136 valence electrons. The van der Waals surface area contributed by atoms with Gasteiger partial charge >= 0.3 is 0 Å². The van der Waals surface area contributed by atoms with E-state index in [1.807, 2.05) is 68.4 Å². The summed E-state index contributed by atoms with van der Waals surface area (Å²) in [6.07, 6.45) is 0.440. The third kappa shape index (κ3) is 4.06. The standard InChI is InChI=1S/C21H19N3O3/c1-14-7-6-8-16(11-14)21-22-18(15(2)26-21)12-19-23-20(27-24-19)13-25-17-9-4-3-5-10-17/h3-11H,12-13H2,1-2H3. The van der Waals surface area contributed by atoms with Crippen molar-refractivity contribution < 1.29 is 13.7 Å².